The molecule has 1 amide bonds. The van der Waals surface area contributed by atoms with Crippen molar-refractivity contribution in [2.45, 2.75) is 64.8 Å². The van der Waals surface area contributed by atoms with E-state index < -0.39 is 12.2 Å². The van der Waals surface area contributed by atoms with E-state index >= 15 is 0 Å². The van der Waals surface area contributed by atoms with E-state index in [0.717, 1.165) is 12.8 Å². The molecule has 1 fully saturated rings. The third kappa shape index (κ3) is 5.50. The molecule has 1 rings (SSSR count). The molecule has 2 N–H and O–H groups in total. The predicted octanol–water partition coefficient (Wildman–Crippen LogP) is 1.47. The molecule has 1 aliphatic rings. The van der Waals surface area contributed by atoms with Crippen molar-refractivity contribution in [2.24, 2.45) is 5.92 Å². The van der Waals surface area contributed by atoms with E-state index in [9.17, 15) is 4.79 Å². The number of hydrogen-bond acceptors (Lipinski definition) is 3. The van der Waals surface area contributed by atoms with Crippen molar-refractivity contribution in [1.29, 1.82) is 0 Å². The highest BCUT2D eigenvalue weighted by Gasteiger charge is 2.23. The Bertz CT molecular complexity index is 243. The molecular weight excluding hydrogens is 218 g/mol. The summed E-state index contributed by atoms with van der Waals surface area (Å²) in [7, 11) is 0. The molecule has 1 saturated carbocycles. The van der Waals surface area contributed by atoms with E-state index in [4.69, 9.17) is 9.84 Å². The fourth-order valence-corrected chi connectivity index (χ4v) is 2.24. The highest BCUT2D eigenvalue weighted by molar-refractivity contribution is 5.80. The normalized spacial score (nSPS) is 28.5. The predicted molar refractivity (Wildman–Crippen MR) is 66.7 cm³/mol. The summed E-state index contributed by atoms with van der Waals surface area (Å²) in [5.41, 5.74) is 0. The van der Waals surface area contributed by atoms with Crippen LogP contribution in [-0.4, -0.2) is 35.9 Å². The molecule has 0 aromatic heterocycles. The van der Waals surface area contributed by atoms with Gasteiger partial charge < -0.3 is 15.2 Å². The minimum atomic E-state index is -0.513. The van der Waals surface area contributed by atoms with Gasteiger partial charge in [-0.25, -0.2) is 0 Å². The highest BCUT2D eigenvalue weighted by atomic mass is 16.5. The molecule has 0 spiro atoms. The minimum absolute atomic E-state index is 0.135. The van der Waals surface area contributed by atoms with Gasteiger partial charge in [-0.05, 0) is 32.6 Å². The average molecular weight is 243 g/mol. The molecule has 17 heavy (non-hydrogen) atoms. The molecular formula is C13H25NO3. The number of nitrogens with one attached hydrogen (secondary N) is 1. The van der Waals surface area contributed by atoms with Crippen molar-refractivity contribution in [3.8, 4) is 0 Å². The van der Waals surface area contributed by atoms with Gasteiger partial charge >= 0.3 is 0 Å². The second-order valence-electron chi connectivity index (χ2n) is 5.27. The first-order valence-corrected chi connectivity index (χ1v) is 6.60. The van der Waals surface area contributed by atoms with E-state index in [2.05, 4.69) is 12.2 Å². The molecule has 0 heterocycles. The first-order chi connectivity index (χ1) is 7.99. The van der Waals surface area contributed by atoms with Gasteiger partial charge in [0, 0.05) is 6.54 Å². The number of ether oxygens (including phenoxy) is 1. The minimum Gasteiger partial charge on any atom is -0.392 e. The summed E-state index contributed by atoms with van der Waals surface area (Å²) in [5.74, 6) is 0.561. The first kappa shape index (κ1) is 14.5. The second kappa shape index (κ2) is 6.97. The number of carbonyl (C=O) groups excluding carboxylic acids is 1. The van der Waals surface area contributed by atoms with Crippen LogP contribution in [0.25, 0.3) is 0 Å². The largest absolute Gasteiger partial charge is 0.392 e. The summed E-state index contributed by atoms with van der Waals surface area (Å²) in [4.78, 5) is 11.7. The Kier molecular flexibility index (Phi) is 5.92. The van der Waals surface area contributed by atoms with E-state index in [1.807, 2.05) is 0 Å². The van der Waals surface area contributed by atoms with Crippen LogP contribution in [0.3, 0.4) is 0 Å². The fraction of sp³-hybridized carbons (Fsp3) is 0.923. The lowest BCUT2D eigenvalue weighted by molar-refractivity contribution is -0.137. The molecule has 100 valence electrons. The Morgan fingerprint density at radius 1 is 1.47 bits per heavy atom. The van der Waals surface area contributed by atoms with Gasteiger partial charge in [-0.3, -0.25) is 4.79 Å². The van der Waals surface area contributed by atoms with Crippen molar-refractivity contribution in [3.05, 3.63) is 0 Å². The summed E-state index contributed by atoms with van der Waals surface area (Å²) in [6.07, 6.45) is 3.83. The van der Waals surface area contributed by atoms with Crippen molar-refractivity contribution in [3.63, 3.8) is 0 Å². The topological polar surface area (TPSA) is 58.6 Å². The Balaban J connectivity index is 2.27. The maximum Gasteiger partial charge on any atom is 0.248 e. The van der Waals surface area contributed by atoms with Crippen LogP contribution in [0.5, 0.6) is 0 Å². The molecule has 1 aliphatic carbocycles. The maximum atomic E-state index is 11.7. The van der Waals surface area contributed by atoms with Gasteiger partial charge in [-0.2, -0.15) is 0 Å². The lowest BCUT2D eigenvalue weighted by Crippen LogP contribution is -2.40. The van der Waals surface area contributed by atoms with Crippen LogP contribution in [0, 0.1) is 5.92 Å². The molecule has 0 saturated heterocycles. The summed E-state index contributed by atoms with van der Waals surface area (Å²) in [6, 6.07) is 0. The van der Waals surface area contributed by atoms with E-state index in [-0.39, 0.29) is 18.6 Å². The molecule has 4 unspecified atom stereocenters. The standard InChI is InChI=1S/C13H25NO3/c1-9-5-4-6-12(7-9)17-11(3)13(16)14-8-10(2)15/h9-12,15H,4-8H2,1-3H3,(H,14,16). The van der Waals surface area contributed by atoms with Crippen LogP contribution in [-0.2, 0) is 9.53 Å². The van der Waals surface area contributed by atoms with Crippen LogP contribution >= 0.6 is 0 Å². The van der Waals surface area contributed by atoms with E-state index in [0.29, 0.717) is 5.92 Å². The first-order valence-electron chi connectivity index (χ1n) is 6.60. The quantitative estimate of drug-likeness (QED) is 0.768. The van der Waals surface area contributed by atoms with Crippen LogP contribution in [0.4, 0.5) is 0 Å². The Labute approximate surface area is 104 Å². The Hall–Kier alpha value is -0.610. The number of hydrogen-bond donors (Lipinski definition) is 2. The molecule has 4 nitrogen and oxygen atoms in total. The van der Waals surface area contributed by atoms with Gasteiger partial charge in [0.25, 0.3) is 0 Å². The fourth-order valence-electron chi connectivity index (χ4n) is 2.24. The molecule has 4 heteroatoms. The lowest BCUT2D eigenvalue weighted by Gasteiger charge is -2.29. The summed E-state index contributed by atoms with van der Waals surface area (Å²) >= 11 is 0. The number of carbonyl (C=O) groups is 1. The van der Waals surface area contributed by atoms with Crippen molar-refractivity contribution in [2.75, 3.05) is 6.54 Å². The zero-order chi connectivity index (χ0) is 12.8. The number of rotatable bonds is 5. The highest BCUT2D eigenvalue weighted by Crippen LogP contribution is 2.26. The molecule has 0 aliphatic heterocycles. The number of aliphatic hydroxyl groups is 1. The van der Waals surface area contributed by atoms with Gasteiger partial charge in [-0.15, -0.1) is 0 Å². The summed E-state index contributed by atoms with van der Waals surface area (Å²) < 4.78 is 5.76. The zero-order valence-electron chi connectivity index (χ0n) is 11.1. The van der Waals surface area contributed by atoms with Crippen LogP contribution in [0.2, 0.25) is 0 Å². The summed E-state index contributed by atoms with van der Waals surface area (Å²) in [6.45, 7) is 5.94. The molecule has 0 bridgehead atoms. The smallest absolute Gasteiger partial charge is 0.248 e. The molecule has 0 aromatic rings. The van der Waals surface area contributed by atoms with Crippen molar-refractivity contribution < 1.29 is 14.6 Å². The Morgan fingerprint density at radius 3 is 2.76 bits per heavy atom. The zero-order valence-corrected chi connectivity index (χ0v) is 11.1. The third-order valence-electron chi connectivity index (χ3n) is 3.23. The van der Waals surface area contributed by atoms with Crippen LogP contribution < -0.4 is 5.32 Å². The van der Waals surface area contributed by atoms with Gasteiger partial charge in [0.15, 0.2) is 0 Å². The number of amides is 1. The SMILES string of the molecule is CC(O)CNC(=O)C(C)OC1CCCC(C)C1. The Morgan fingerprint density at radius 2 is 2.18 bits per heavy atom. The van der Waals surface area contributed by atoms with Crippen molar-refractivity contribution >= 4 is 5.91 Å². The number of aliphatic hydroxyl groups excluding tert-OH is 1. The molecule has 0 aromatic carbocycles. The maximum absolute atomic E-state index is 11.7. The van der Waals surface area contributed by atoms with Gasteiger partial charge in [0.2, 0.25) is 5.91 Å². The van der Waals surface area contributed by atoms with E-state index in [1.165, 1.54) is 12.8 Å². The van der Waals surface area contributed by atoms with Gasteiger partial charge in [0.05, 0.1) is 12.2 Å². The monoisotopic (exact) mass is 243 g/mol. The third-order valence-corrected chi connectivity index (χ3v) is 3.23. The van der Waals surface area contributed by atoms with Gasteiger partial charge in [0.1, 0.15) is 6.10 Å². The lowest BCUT2D eigenvalue weighted by atomic mass is 9.88. The molecule has 4 atom stereocenters. The molecule has 0 radical (unpaired) electrons. The second-order valence-corrected chi connectivity index (χ2v) is 5.27. The summed E-state index contributed by atoms with van der Waals surface area (Å²) in [5, 5.41) is 11.8. The van der Waals surface area contributed by atoms with Crippen LogP contribution in [0.15, 0.2) is 0 Å². The van der Waals surface area contributed by atoms with E-state index in [1.54, 1.807) is 13.8 Å². The van der Waals surface area contributed by atoms with Gasteiger partial charge in [-0.1, -0.05) is 19.8 Å². The van der Waals surface area contributed by atoms with Crippen molar-refractivity contribution in [1.82, 2.24) is 5.32 Å². The average Bonchev–Trinajstić information content (AvgIpc) is 2.25. The van der Waals surface area contributed by atoms with Crippen LogP contribution in [0.1, 0.15) is 46.5 Å².